The monoisotopic (exact) mass is 266 g/mol. The minimum atomic E-state index is 0.332. The predicted molar refractivity (Wildman–Crippen MR) is 84.3 cm³/mol. The van der Waals surface area contributed by atoms with E-state index in [4.69, 9.17) is 5.73 Å². The van der Waals surface area contributed by atoms with Crippen LogP contribution in [0.2, 0.25) is 0 Å². The average Bonchev–Trinajstić information content (AvgIpc) is 2.79. The topological polar surface area (TPSA) is 29.3 Å². The summed E-state index contributed by atoms with van der Waals surface area (Å²) < 4.78 is 0. The lowest BCUT2D eigenvalue weighted by Crippen LogP contribution is -2.28. The molecule has 0 bridgehead atoms. The van der Waals surface area contributed by atoms with Gasteiger partial charge in [0.25, 0.3) is 0 Å². The molecule has 20 heavy (non-hydrogen) atoms. The van der Waals surface area contributed by atoms with Crippen LogP contribution in [0.25, 0.3) is 11.1 Å². The fourth-order valence-corrected chi connectivity index (χ4v) is 2.92. The number of benzene rings is 2. The predicted octanol–water partition coefficient (Wildman–Crippen LogP) is 3.13. The second-order valence-electron chi connectivity index (χ2n) is 5.90. The molecule has 0 aromatic heterocycles. The smallest absolute Gasteiger partial charge is 0.0234 e. The van der Waals surface area contributed by atoms with Crippen molar-refractivity contribution in [3.8, 4) is 11.1 Å². The van der Waals surface area contributed by atoms with E-state index >= 15 is 0 Å². The van der Waals surface area contributed by atoms with Gasteiger partial charge in [-0.25, -0.2) is 0 Å². The summed E-state index contributed by atoms with van der Waals surface area (Å²) in [6, 6.07) is 19.7. The van der Waals surface area contributed by atoms with Gasteiger partial charge in [0.2, 0.25) is 0 Å². The first kappa shape index (κ1) is 13.3. The Morgan fingerprint density at radius 3 is 2.20 bits per heavy atom. The fraction of sp³-hybridized carbons (Fsp3) is 0.333. The summed E-state index contributed by atoms with van der Waals surface area (Å²) >= 11 is 0. The third-order valence-corrected chi connectivity index (χ3v) is 4.21. The summed E-state index contributed by atoms with van der Waals surface area (Å²) in [7, 11) is 0. The highest BCUT2D eigenvalue weighted by Crippen LogP contribution is 2.21. The van der Waals surface area contributed by atoms with E-state index < -0.39 is 0 Å². The lowest BCUT2D eigenvalue weighted by atomic mass is 10.0. The molecule has 0 saturated carbocycles. The van der Waals surface area contributed by atoms with E-state index in [9.17, 15) is 0 Å². The lowest BCUT2D eigenvalue weighted by Gasteiger charge is -2.15. The molecule has 0 aliphatic carbocycles. The highest BCUT2D eigenvalue weighted by Gasteiger charge is 2.26. The summed E-state index contributed by atoms with van der Waals surface area (Å²) in [5, 5.41) is 0. The Bertz CT molecular complexity index is 537. The van der Waals surface area contributed by atoms with Crippen LogP contribution in [0, 0.1) is 5.92 Å². The van der Waals surface area contributed by atoms with Crippen molar-refractivity contribution in [2.24, 2.45) is 11.7 Å². The van der Waals surface area contributed by atoms with Crippen LogP contribution in [0.4, 0.5) is 0 Å². The molecule has 0 amide bonds. The molecule has 1 fully saturated rings. The van der Waals surface area contributed by atoms with Crippen molar-refractivity contribution in [2.75, 3.05) is 13.1 Å². The van der Waals surface area contributed by atoms with Crippen LogP contribution in [0.15, 0.2) is 54.6 Å². The Morgan fingerprint density at radius 2 is 1.60 bits per heavy atom. The van der Waals surface area contributed by atoms with Crippen molar-refractivity contribution in [3.63, 3.8) is 0 Å². The number of nitrogens with two attached hydrogens (primary N) is 1. The number of likely N-dealkylation sites (tertiary alicyclic amines) is 1. The largest absolute Gasteiger partial charge is 0.326 e. The third kappa shape index (κ3) is 2.92. The molecule has 0 spiro atoms. The van der Waals surface area contributed by atoms with Crippen LogP contribution >= 0.6 is 0 Å². The number of rotatable bonds is 3. The van der Waals surface area contributed by atoms with Crippen molar-refractivity contribution in [3.05, 3.63) is 60.2 Å². The molecule has 2 N–H and O–H groups in total. The van der Waals surface area contributed by atoms with E-state index in [0.29, 0.717) is 12.0 Å². The molecule has 2 unspecified atom stereocenters. The van der Waals surface area contributed by atoms with Gasteiger partial charge in [-0.05, 0) is 22.6 Å². The summed E-state index contributed by atoms with van der Waals surface area (Å²) in [5.41, 5.74) is 10.00. The molecule has 1 aliphatic rings. The van der Waals surface area contributed by atoms with Crippen molar-refractivity contribution >= 4 is 0 Å². The van der Waals surface area contributed by atoms with Crippen molar-refractivity contribution in [1.82, 2.24) is 4.90 Å². The molecule has 0 radical (unpaired) electrons. The quantitative estimate of drug-likeness (QED) is 0.925. The molecule has 3 rings (SSSR count). The maximum atomic E-state index is 6.08. The molecule has 1 heterocycles. The lowest BCUT2D eigenvalue weighted by molar-refractivity contribution is 0.319. The van der Waals surface area contributed by atoms with Crippen LogP contribution in [0.5, 0.6) is 0 Å². The van der Waals surface area contributed by atoms with Crippen molar-refractivity contribution in [1.29, 1.82) is 0 Å². The number of nitrogens with zero attached hydrogens (tertiary/aromatic N) is 1. The van der Waals surface area contributed by atoms with Crippen LogP contribution in [-0.2, 0) is 6.54 Å². The van der Waals surface area contributed by atoms with Gasteiger partial charge in [-0.15, -0.1) is 0 Å². The minimum absolute atomic E-state index is 0.332. The van der Waals surface area contributed by atoms with E-state index in [-0.39, 0.29) is 0 Å². The zero-order valence-corrected chi connectivity index (χ0v) is 12.0. The molecular formula is C18H22N2. The summed E-state index contributed by atoms with van der Waals surface area (Å²) in [6.07, 6.45) is 0. The average molecular weight is 266 g/mol. The second kappa shape index (κ2) is 5.78. The van der Waals surface area contributed by atoms with Gasteiger partial charge in [0.15, 0.2) is 0 Å². The molecular weight excluding hydrogens is 244 g/mol. The summed E-state index contributed by atoms with van der Waals surface area (Å²) in [6.45, 7) is 5.37. The third-order valence-electron chi connectivity index (χ3n) is 4.21. The van der Waals surface area contributed by atoms with Gasteiger partial charge in [0.05, 0.1) is 0 Å². The normalized spacial score (nSPS) is 23.1. The van der Waals surface area contributed by atoms with Crippen LogP contribution in [0.1, 0.15) is 12.5 Å². The molecule has 104 valence electrons. The Kier molecular flexibility index (Phi) is 3.86. The Labute approximate surface area is 121 Å². The summed E-state index contributed by atoms with van der Waals surface area (Å²) in [4.78, 5) is 2.45. The van der Waals surface area contributed by atoms with E-state index in [0.717, 1.165) is 19.6 Å². The summed E-state index contributed by atoms with van der Waals surface area (Å²) in [5.74, 6) is 0.610. The Balaban J connectivity index is 1.68. The number of hydrogen-bond donors (Lipinski definition) is 1. The highest BCUT2D eigenvalue weighted by atomic mass is 15.2. The highest BCUT2D eigenvalue weighted by molar-refractivity contribution is 5.63. The first-order valence-corrected chi connectivity index (χ1v) is 7.34. The number of hydrogen-bond acceptors (Lipinski definition) is 2. The fourth-order valence-electron chi connectivity index (χ4n) is 2.92. The molecule has 2 heteroatoms. The van der Waals surface area contributed by atoms with Gasteiger partial charge >= 0.3 is 0 Å². The molecule has 1 aliphatic heterocycles. The Morgan fingerprint density at radius 1 is 0.950 bits per heavy atom. The van der Waals surface area contributed by atoms with Gasteiger partial charge in [0.1, 0.15) is 0 Å². The molecule has 2 atom stereocenters. The van der Waals surface area contributed by atoms with Crippen molar-refractivity contribution < 1.29 is 0 Å². The molecule has 1 saturated heterocycles. The van der Waals surface area contributed by atoms with Crippen molar-refractivity contribution in [2.45, 2.75) is 19.5 Å². The minimum Gasteiger partial charge on any atom is -0.326 e. The van der Waals surface area contributed by atoms with Gasteiger partial charge in [0, 0.05) is 25.7 Å². The SMILES string of the molecule is CC1CN(Cc2ccc(-c3ccccc3)cc2)CC1N. The van der Waals surface area contributed by atoms with Gasteiger partial charge in [-0.1, -0.05) is 61.5 Å². The van der Waals surface area contributed by atoms with Crippen LogP contribution in [-0.4, -0.2) is 24.0 Å². The van der Waals surface area contributed by atoms with Crippen LogP contribution < -0.4 is 5.73 Å². The zero-order chi connectivity index (χ0) is 13.9. The standard InChI is InChI=1S/C18H22N2/c1-14-11-20(13-18(14)19)12-15-7-9-17(10-8-15)16-5-3-2-4-6-16/h2-10,14,18H,11-13,19H2,1H3. The second-order valence-corrected chi connectivity index (χ2v) is 5.90. The van der Waals surface area contributed by atoms with E-state index in [1.807, 2.05) is 0 Å². The first-order valence-electron chi connectivity index (χ1n) is 7.34. The molecule has 2 aromatic rings. The Hall–Kier alpha value is -1.64. The zero-order valence-electron chi connectivity index (χ0n) is 12.0. The molecule has 2 nitrogen and oxygen atoms in total. The van der Waals surface area contributed by atoms with Gasteiger partial charge < -0.3 is 5.73 Å². The maximum Gasteiger partial charge on any atom is 0.0234 e. The van der Waals surface area contributed by atoms with E-state index in [2.05, 4.69) is 66.4 Å². The maximum absolute atomic E-state index is 6.08. The van der Waals surface area contributed by atoms with Crippen LogP contribution in [0.3, 0.4) is 0 Å². The first-order chi connectivity index (χ1) is 9.72. The van der Waals surface area contributed by atoms with E-state index in [1.165, 1.54) is 16.7 Å². The van der Waals surface area contributed by atoms with Gasteiger partial charge in [-0.3, -0.25) is 4.90 Å². The van der Waals surface area contributed by atoms with Gasteiger partial charge in [-0.2, -0.15) is 0 Å². The molecule has 2 aromatic carbocycles. The van der Waals surface area contributed by atoms with E-state index in [1.54, 1.807) is 0 Å².